The second-order valence-corrected chi connectivity index (χ2v) is 10.5. The Kier molecular flexibility index (Phi) is 6.12. The lowest BCUT2D eigenvalue weighted by molar-refractivity contribution is 0.699. The van der Waals surface area contributed by atoms with Crippen LogP contribution in [0.1, 0.15) is 28.8 Å². The molecule has 0 aliphatic heterocycles. The van der Waals surface area contributed by atoms with Gasteiger partial charge in [-0.2, -0.15) is 0 Å². The lowest BCUT2D eigenvalue weighted by Crippen LogP contribution is -2.22. The number of nitrogens with zero attached hydrogens (tertiary/aromatic N) is 2. The molecule has 0 saturated heterocycles. The maximum Gasteiger partial charge on any atom is 0.267 e. The Bertz CT molecular complexity index is 1310. The number of thiophene rings is 1. The van der Waals surface area contributed by atoms with Gasteiger partial charge in [0.05, 0.1) is 11.1 Å². The van der Waals surface area contributed by atoms with E-state index in [-0.39, 0.29) is 5.56 Å². The molecule has 31 heavy (non-hydrogen) atoms. The Labute approximate surface area is 198 Å². The quantitative estimate of drug-likeness (QED) is 0.217. The Morgan fingerprint density at radius 3 is 2.65 bits per heavy atom. The molecule has 0 amide bonds. The van der Waals surface area contributed by atoms with Crippen LogP contribution < -0.4 is 5.56 Å². The van der Waals surface area contributed by atoms with E-state index >= 15 is 0 Å². The van der Waals surface area contributed by atoms with Gasteiger partial charge in [-0.3, -0.25) is 9.36 Å². The minimum absolute atomic E-state index is 0.0567. The van der Waals surface area contributed by atoms with Gasteiger partial charge < -0.3 is 0 Å². The summed E-state index contributed by atoms with van der Waals surface area (Å²) in [5.41, 5.74) is 3.31. The van der Waals surface area contributed by atoms with Crippen LogP contribution in [0.25, 0.3) is 22.0 Å². The fraction of sp³-hybridized carbons (Fsp3) is 0.200. The summed E-state index contributed by atoms with van der Waals surface area (Å²) in [5, 5.41) is 1.57. The summed E-state index contributed by atoms with van der Waals surface area (Å²) in [5.74, 6) is 0.745. The maximum absolute atomic E-state index is 13.7. The number of aryl methyl sites for hydroxylation is 2. The molecular weight excluding hydrogens is 488 g/mol. The molecule has 3 nitrogen and oxygen atoms in total. The lowest BCUT2D eigenvalue weighted by Gasteiger charge is -2.13. The van der Waals surface area contributed by atoms with Crippen molar-refractivity contribution in [2.75, 3.05) is 5.75 Å². The molecule has 6 heteroatoms. The minimum Gasteiger partial charge on any atom is -0.268 e. The predicted octanol–water partition coefficient (Wildman–Crippen LogP) is 6.89. The molecule has 4 aromatic rings. The molecule has 0 N–H and O–H groups in total. The van der Waals surface area contributed by atoms with Crippen molar-refractivity contribution >= 4 is 55.3 Å². The highest BCUT2D eigenvalue weighted by Crippen LogP contribution is 2.35. The smallest absolute Gasteiger partial charge is 0.267 e. The van der Waals surface area contributed by atoms with Crippen molar-refractivity contribution in [3.05, 3.63) is 91.5 Å². The van der Waals surface area contributed by atoms with Gasteiger partial charge in [-0.05, 0) is 61.1 Å². The van der Waals surface area contributed by atoms with Crippen LogP contribution in [-0.2, 0) is 12.8 Å². The summed E-state index contributed by atoms with van der Waals surface area (Å²) in [6.45, 7) is 0. The second kappa shape index (κ2) is 9.15. The van der Waals surface area contributed by atoms with E-state index < -0.39 is 0 Å². The molecule has 156 valence electrons. The standard InChI is InChI=1S/C25H21BrN2OS2/c26-18-12-14-19(15-13-18)28-24(29)22-20-10-4-5-11-21(20)31-23(22)27-25(28)30-16-6-9-17-7-2-1-3-8-17/h1-3,6-9,12-15H,4-5,10-11,16H2/b9-6+. The summed E-state index contributed by atoms with van der Waals surface area (Å²) in [7, 11) is 0. The average molecular weight is 509 g/mol. The molecular formula is C25H21BrN2OS2. The lowest BCUT2D eigenvalue weighted by atomic mass is 9.97. The molecule has 1 aliphatic carbocycles. The molecule has 0 radical (unpaired) electrons. The Hall–Kier alpha value is -2.15. The fourth-order valence-corrected chi connectivity index (χ4v) is 6.36. The number of fused-ring (bicyclic) bond motifs is 3. The van der Waals surface area contributed by atoms with Gasteiger partial charge in [0, 0.05) is 15.1 Å². The van der Waals surface area contributed by atoms with Crippen molar-refractivity contribution in [3.8, 4) is 5.69 Å². The largest absolute Gasteiger partial charge is 0.268 e. The van der Waals surface area contributed by atoms with Crippen molar-refractivity contribution in [3.63, 3.8) is 0 Å². The Morgan fingerprint density at radius 2 is 1.84 bits per heavy atom. The topological polar surface area (TPSA) is 34.9 Å². The molecule has 0 saturated carbocycles. The highest BCUT2D eigenvalue weighted by atomic mass is 79.9. The number of thioether (sulfide) groups is 1. The van der Waals surface area contributed by atoms with Crippen molar-refractivity contribution in [2.24, 2.45) is 0 Å². The maximum atomic E-state index is 13.7. The van der Waals surface area contributed by atoms with Gasteiger partial charge in [-0.25, -0.2) is 4.98 Å². The number of benzene rings is 2. The summed E-state index contributed by atoms with van der Waals surface area (Å²) in [6.07, 6.45) is 8.64. The van der Waals surface area contributed by atoms with Crippen LogP contribution in [0.5, 0.6) is 0 Å². The average Bonchev–Trinajstić information content (AvgIpc) is 3.17. The second-order valence-electron chi connectivity index (χ2n) is 7.53. The van der Waals surface area contributed by atoms with E-state index in [1.54, 1.807) is 27.7 Å². The van der Waals surface area contributed by atoms with Gasteiger partial charge in [-0.1, -0.05) is 70.2 Å². The van der Waals surface area contributed by atoms with E-state index in [9.17, 15) is 4.79 Å². The van der Waals surface area contributed by atoms with Crippen LogP contribution >= 0.6 is 39.0 Å². The first-order valence-corrected chi connectivity index (χ1v) is 13.0. The van der Waals surface area contributed by atoms with E-state index in [0.29, 0.717) is 0 Å². The van der Waals surface area contributed by atoms with E-state index in [1.807, 2.05) is 42.5 Å². The normalized spacial score (nSPS) is 13.7. The van der Waals surface area contributed by atoms with Gasteiger partial charge in [-0.15, -0.1) is 11.3 Å². The number of rotatable bonds is 5. The summed E-state index contributed by atoms with van der Waals surface area (Å²) < 4.78 is 2.78. The third-order valence-electron chi connectivity index (χ3n) is 5.46. The zero-order valence-electron chi connectivity index (χ0n) is 16.9. The summed E-state index contributed by atoms with van der Waals surface area (Å²) in [6, 6.07) is 18.1. The van der Waals surface area contributed by atoms with E-state index in [2.05, 4.69) is 40.2 Å². The molecule has 2 aromatic carbocycles. The predicted molar refractivity (Wildman–Crippen MR) is 136 cm³/mol. The van der Waals surface area contributed by atoms with Crippen LogP contribution in [0.15, 0.2) is 75.1 Å². The van der Waals surface area contributed by atoms with Gasteiger partial charge in [0.15, 0.2) is 5.16 Å². The zero-order chi connectivity index (χ0) is 21.2. The van der Waals surface area contributed by atoms with Crippen LogP contribution in [0.3, 0.4) is 0 Å². The van der Waals surface area contributed by atoms with Gasteiger partial charge >= 0.3 is 0 Å². The minimum atomic E-state index is 0.0567. The first-order valence-electron chi connectivity index (χ1n) is 10.4. The monoisotopic (exact) mass is 508 g/mol. The Balaban J connectivity index is 1.57. The molecule has 0 bridgehead atoms. The number of hydrogen-bond donors (Lipinski definition) is 0. The summed E-state index contributed by atoms with van der Waals surface area (Å²) >= 11 is 6.80. The van der Waals surface area contributed by atoms with E-state index in [1.165, 1.54) is 22.4 Å². The number of aromatic nitrogens is 2. The van der Waals surface area contributed by atoms with Crippen LogP contribution in [0.2, 0.25) is 0 Å². The summed E-state index contributed by atoms with van der Waals surface area (Å²) in [4.78, 5) is 20.9. The number of hydrogen-bond acceptors (Lipinski definition) is 4. The highest BCUT2D eigenvalue weighted by molar-refractivity contribution is 9.10. The third kappa shape index (κ3) is 4.29. The first kappa shape index (κ1) is 20.7. The first-order chi connectivity index (χ1) is 15.2. The van der Waals surface area contributed by atoms with Crippen molar-refractivity contribution in [1.29, 1.82) is 0 Å². The van der Waals surface area contributed by atoms with Crippen LogP contribution in [-0.4, -0.2) is 15.3 Å². The molecule has 1 aliphatic rings. The van der Waals surface area contributed by atoms with Gasteiger partial charge in [0.2, 0.25) is 0 Å². The van der Waals surface area contributed by atoms with Crippen LogP contribution in [0, 0.1) is 0 Å². The van der Waals surface area contributed by atoms with Crippen LogP contribution in [0.4, 0.5) is 0 Å². The van der Waals surface area contributed by atoms with E-state index in [4.69, 9.17) is 4.98 Å². The molecule has 5 rings (SSSR count). The Morgan fingerprint density at radius 1 is 1.06 bits per heavy atom. The molecule has 0 unspecified atom stereocenters. The number of halogens is 1. The zero-order valence-corrected chi connectivity index (χ0v) is 20.1. The molecule has 0 atom stereocenters. The van der Waals surface area contributed by atoms with Gasteiger partial charge in [0.25, 0.3) is 5.56 Å². The van der Waals surface area contributed by atoms with E-state index in [0.717, 1.165) is 50.5 Å². The van der Waals surface area contributed by atoms with Crippen molar-refractivity contribution in [2.45, 2.75) is 30.8 Å². The molecule has 0 fully saturated rings. The SMILES string of the molecule is O=c1c2c3c(sc2nc(SC/C=C/c2ccccc2)n1-c1ccc(Br)cc1)CCCC3. The third-order valence-corrected chi connectivity index (χ3v) is 8.07. The highest BCUT2D eigenvalue weighted by Gasteiger charge is 2.22. The molecule has 2 aromatic heterocycles. The molecule has 0 spiro atoms. The van der Waals surface area contributed by atoms with Gasteiger partial charge in [0.1, 0.15) is 4.83 Å². The van der Waals surface area contributed by atoms with Crippen molar-refractivity contribution in [1.82, 2.24) is 9.55 Å². The molecule has 2 heterocycles. The van der Waals surface area contributed by atoms with Crippen molar-refractivity contribution < 1.29 is 0 Å². The fourth-order valence-electron chi connectivity index (χ4n) is 3.97.